The van der Waals surface area contributed by atoms with E-state index in [1.54, 1.807) is 30.5 Å². The quantitative estimate of drug-likeness (QED) is 0.0794. The highest BCUT2D eigenvalue weighted by atomic mass is 35.5. The van der Waals surface area contributed by atoms with Gasteiger partial charge in [0.05, 0.1) is 25.0 Å². The summed E-state index contributed by atoms with van der Waals surface area (Å²) >= 11 is 15.6. The second-order valence-electron chi connectivity index (χ2n) is 12.2. The van der Waals surface area contributed by atoms with Crippen molar-refractivity contribution in [3.8, 4) is 11.5 Å². The van der Waals surface area contributed by atoms with Gasteiger partial charge in [-0.1, -0.05) is 29.8 Å². The van der Waals surface area contributed by atoms with Crippen LogP contribution in [0.25, 0.3) is 0 Å². The number of halogens is 7. The van der Waals surface area contributed by atoms with Gasteiger partial charge in [-0.2, -0.15) is 0 Å². The van der Waals surface area contributed by atoms with Gasteiger partial charge in [0.1, 0.15) is 5.69 Å². The van der Waals surface area contributed by atoms with Crippen molar-refractivity contribution < 1.29 is 51.0 Å². The number of amides is 4. The monoisotopic (exact) mass is 740 g/mol. The third-order valence-electron chi connectivity index (χ3n) is 9.85. The summed E-state index contributed by atoms with van der Waals surface area (Å²) in [6.07, 6.45) is 0.897. The largest absolute Gasteiger partial charge is 0.504 e. The van der Waals surface area contributed by atoms with Gasteiger partial charge in [0.15, 0.2) is 44.5 Å². The van der Waals surface area contributed by atoms with Crippen LogP contribution < -0.4 is 9.64 Å². The molecule has 2 aromatic carbocycles. The molecule has 0 unspecified atom stereocenters. The summed E-state index contributed by atoms with van der Waals surface area (Å²) in [4.78, 5) is 52.4. The highest BCUT2D eigenvalue weighted by molar-refractivity contribution is 7.09. The molecule has 49 heavy (non-hydrogen) atoms. The van der Waals surface area contributed by atoms with Gasteiger partial charge < -0.3 is 9.84 Å². The third-order valence-corrected chi connectivity index (χ3v) is 12.1. The number of alkyl halides is 2. The molecule has 1 aromatic heterocycles. The number of nitrogens with zero attached hydrogens (tertiary/aromatic N) is 2. The number of likely N-dealkylation sites (tertiary alicyclic amines) is 1. The van der Waals surface area contributed by atoms with Crippen molar-refractivity contribution in [2.24, 2.45) is 17.8 Å². The minimum absolute atomic E-state index is 0.0177. The average Bonchev–Trinajstić information content (AvgIpc) is 3.72. The number of hydrogen-bond acceptors (Lipinski definition) is 7. The molecule has 7 rings (SSSR count). The molecule has 0 bridgehead atoms. The summed E-state index contributed by atoms with van der Waals surface area (Å²) in [6.45, 7) is 1.69. The van der Waals surface area contributed by atoms with E-state index in [-0.39, 0.29) is 41.4 Å². The van der Waals surface area contributed by atoms with Crippen LogP contribution in [0.3, 0.4) is 0 Å². The van der Waals surface area contributed by atoms with Crippen LogP contribution in [-0.2, 0) is 25.7 Å². The molecule has 8 nitrogen and oxygen atoms in total. The summed E-state index contributed by atoms with van der Waals surface area (Å²) in [6, 6.07) is 7.66. The zero-order chi connectivity index (χ0) is 35.3. The smallest absolute Gasteiger partial charge is 0.258 e. The van der Waals surface area contributed by atoms with Crippen LogP contribution in [-0.4, -0.2) is 50.0 Å². The average molecular weight is 742 g/mol. The van der Waals surface area contributed by atoms with Crippen LogP contribution in [0.4, 0.5) is 27.6 Å². The third kappa shape index (κ3) is 4.39. The number of carbonyl (C=O) groups excluding carboxylic acids is 4. The molecule has 6 atom stereocenters. The Labute approximate surface area is 288 Å². The Morgan fingerprint density at radius 1 is 0.918 bits per heavy atom. The van der Waals surface area contributed by atoms with Crippen molar-refractivity contribution in [2.75, 3.05) is 11.5 Å². The van der Waals surface area contributed by atoms with Crippen LogP contribution in [0.5, 0.6) is 11.5 Å². The van der Waals surface area contributed by atoms with Crippen LogP contribution in [0.15, 0.2) is 47.4 Å². The number of benzene rings is 2. The van der Waals surface area contributed by atoms with E-state index >= 15 is 8.78 Å². The molecule has 0 radical (unpaired) electrons. The summed E-state index contributed by atoms with van der Waals surface area (Å²) in [7, 11) is 0. The zero-order valence-electron chi connectivity index (χ0n) is 25.1. The molecule has 256 valence electrons. The number of hydrogen-bond donors (Lipinski definition) is 1. The molecule has 16 heteroatoms. The summed E-state index contributed by atoms with van der Waals surface area (Å²) in [5.41, 5.74) is -1.79. The Morgan fingerprint density at radius 2 is 1.59 bits per heavy atom. The number of anilines is 1. The summed E-state index contributed by atoms with van der Waals surface area (Å²) in [5.74, 6) is -22.0. The van der Waals surface area contributed by atoms with Crippen LogP contribution in [0, 0.1) is 46.8 Å². The number of imide groups is 2. The molecule has 1 saturated carbocycles. The van der Waals surface area contributed by atoms with Gasteiger partial charge in [-0.15, -0.1) is 34.5 Å². The summed E-state index contributed by atoms with van der Waals surface area (Å²) in [5, 5.41) is 13.2. The molecular formula is C33H23Cl2F5N2O6S. The van der Waals surface area contributed by atoms with E-state index < -0.39 is 104 Å². The molecule has 1 N–H and O–H groups in total. The van der Waals surface area contributed by atoms with Crippen molar-refractivity contribution in [3.05, 3.63) is 86.9 Å². The van der Waals surface area contributed by atoms with E-state index in [1.807, 2.05) is 0 Å². The Hall–Kier alpha value is -4.01. The van der Waals surface area contributed by atoms with Gasteiger partial charge in [-0.25, -0.2) is 26.9 Å². The predicted molar refractivity (Wildman–Crippen MR) is 166 cm³/mol. The lowest BCUT2D eigenvalue weighted by atomic mass is 9.56. The second-order valence-corrected chi connectivity index (χ2v) is 14.4. The topological polar surface area (TPSA) is 104 Å². The highest BCUT2D eigenvalue weighted by Gasteiger charge is 2.77. The van der Waals surface area contributed by atoms with E-state index in [2.05, 4.69) is 0 Å². The minimum Gasteiger partial charge on any atom is -0.504 e. The maximum atomic E-state index is 15.2. The van der Waals surface area contributed by atoms with E-state index in [0.29, 0.717) is 0 Å². The molecule has 3 aromatic rings. The fourth-order valence-corrected chi connectivity index (χ4v) is 9.36. The molecule has 2 saturated heterocycles. The van der Waals surface area contributed by atoms with Crippen molar-refractivity contribution >= 4 is 63.9 Å². The van der Waals surface area contributed by atoms with Crippen molar-refractivity contribution in [3.63, 3.8) is 0 Å². The van der Waals surface area contributed by atoms with Gasteiger partial charge in [0, 0.05) is 16.4 Å². The fraction of sp³-hybridized carbons (Fsp3) is 0.333. The van der Waals surface area contributed by atoms with E-state index in [1.165, 1.54) is 29.5 Å². The highest BCUT2D eigenvalue weighted by Crippen LogP contribution is 2.67. The number of aromatic hydroxyl groups is 1. The first-order valence-corrected chi connectivity index (χ1v) is 16.6. The summed E-state index contributed by atoms with van der Waals surface area (Å²) < 4.78 is 78.8. The first-order valence-electron chi connectivity index (χ1n) is 15.0. The number of para-hydroxylation sites is 1. The fourth-order valence-electron chi connectivity index (χ4n) is 7.74. The Balaban J connectivity index is 1.43. The Kier molecular flexibility index (Phi) is 7.88. The molecule has 2 aliphatic carbocycles. The van der Waals surface area contributed by atoms with Crippen molar-refractivity contribution in [2.45, 2.75) is 42.0 Å². The predicted octanol–water partition coefficient (Wildman–Crippen LogP) is 6.31. The molecule has 4 aliphatic rings. The molecule has 3 heterocycles. The van der Waals surface area contributed by atoms with E-state index in [0.717, 1.165) is 9.78 Å². The van der Waals surface area contributed by atoms with Gasteiger partial charge in [-0.05, 0) is 43.2 Å². The molecule has 2 aliphatic heterocycles. The van der Waals surface area contributed by atoms with E-state index in [4.69, 9.17) is 27.9 Å². The van der Waals surface area contributed by atoms with Crippen LogP contribution in [0.1, 0.15) is 36.1 Å². The molecular weight excluding hydrogens is 718 g/mol. The SMILES string of the molecule is CCOc1cccc([C@H]2C3=CC[C@@H]4C(=O)N(Cc5cccs5)C(=O)[C@@H]4[C@@H]3C[C@@]3(Cl)C(=O)N(c4c(F)c(F)c(F)c(F)c4F)C(=O)[C@@]23Cl)c1O. The van der Waals surface area contributed by atoms with Crippen LogP contribution in [0.2, 0.25) is 0 Å². The van der Waals surface area contributed by atoms with Gasteiger partial charge in [0.2, 0.25) is 17.6 Å². The maximum Gasteiger partial charge on any atom is 0.258 e. The molecule has 4 amide bonds. The Bertz CT molecular complexity index is 1980. The number of ether oxygens (including phenoxy) is 1. The van der Waals surface area contributed by atoms with Gasteiger partial charge in [0.25, 0.3) is 11.8 Å². The lowest BCUT2D eigenvalue weighted by Crippen LogP contribution is -2.60. The first kappa shape index (κ1) is 33.5. The number of rotatable bonds is 6. The zero-order valence-corrected chi connectivity index (χ0v) is 27.4. The molecule has 3 fully saturated rings. The molecule has 0 spiro atoms. The number of phenolic OH excluding ortho intramolecular Hbond substituents is 1. The number of thiophene rings is 1. The number of phenols is 1. The first-order chi connectivity index (χ1) is 23.2. The van der Waals surface area contributed by atoms with Crippen molar-refractivity contribution in [1.29, 1.82) is 0 Å². The second kappa shape index (κ2) is 11.5. The normalized spacial score (nSPS) is 29.3. The van der Waals surface area contributed by atoms with E-state index in [9.17, 15) is 37.5 Å². The Morgan fingerprint density at radius 3 is 2.22 bits per heavy atom. The number of carbonyl (C=O) groups is 4. The lowest BCUT2D eigenvalue weighted by Gasteiger charge is -2.50. The van der Waals surface area contributed by atoms with Gasteiger partial charge >= 0.3 is 0 Å². The number of fused-ring (bicyclic) bond motifs is 4. The number of allylic oxidation sites excluding steroid dienone is 2. The van der Waals surface area contributed by atoms with Gasteiger partial charge in [-0.3, -0.25) is 24.1 Å². The van der Waals surface area contributed by atoms with Crippen LogP contribution >= 0.6 is 34.5 Å². The maximum absolute atomic E-state index is 15.2. The minimum atomic E-state index is -2.76. The standard InChI is InChI=1S/C33H23Cl2F5N2O6S/c1-2-48-18-7-3-6-16(27(18)43)20-14-8-9-15-19(29(45)41(28(15)44)12-13-5-4-10-49-13)17(14)11-32(34)30(46)42(31(47)33(20,32)35)26-24(39)22(37)21(36)23(38)25(26)40/h3-8,10,15,17,19-20,43H,2,9,11-12H2,1H3/t15-,17+,19-,20+,32+,33-/m0/s1. The lowest BCUT2D eigenvalue weighted by molar-refractivity contribution is -0.141. The van der Waals surface area contributed by atoms with Crippen molar-refractivity contribution in [1.82, 2.24) is 4.90 Å².